The van der Waals surface area contributed by atoms with Gasteiger partial charge in [-0.2, -0.15) is 4.98 Å². The standard InChI is InChI=1S/C16H25N5OS.2C4H4O4/c1-19-4-6-21(7-5-19)16-17-13-3-2-12-23-14(13)15(18-16)20-8-10-22-11-9-20;2*5-3(6)1-2-4(7)8/h2-12H2,1H3;2*1-2H,(H,5,6)(H,7,8)/b;2*2-1-. The van der Waals surface area contributed by atoms with Crippen LogP contribution in [0.4, 0.5) is 11.8 Å². The number of carboxylic acids is 4. The van der Waals surface area contributed by atoms with Crippen molar-refractivity contribution in [3.05, 3.63) is 30.0 Å². The van der Waals surface area contributed by atoms with E-state index in [0.29, 0.717) is 24.3 Å². The van der Waals surface area contributed by atoms with Crippen molar-refractivity contribution in [2.75, 3.05) is 75.1 Å². The zero-order valence-corrected chi connectivity index (χ0v) is 22.4. The van der Waals surface area contributed by atoms with E-state index in [1.54, 1.807) is 0 Å². The summed E-state index contributed by atoms with van der Waals surface area (Å²) in [7, 11) is 2.18. The summed E-state index contributed by atoms with van der Waals surface area (Å²) < 4.78 is 5.52. The Morgan fingerprint density at radius 1 is 0.769 bits per heavy atom. The summed E-state index contributed by atoms with van der Waals surface area (Å²) in [4.78, 5) is 56.6. The average Bonchev–Trinajstić information content (AvgIpc) is 2.92. The number of nitrogens with zero attached hydrogens (tertiary/aromatic N) is 5. The Kier molecular flexibility index (Phi) is 13.2. The molecule has 1 aromatic rings. The van der Waals surface area contributed by atoms with Crippen LogP contribution in [0.25, 0.3) is 0 Å². The number of carboxylic acid groups (broad SMARTS) is 4. The van der Waals surface area contributed by atoms with E-state index in [-0.39, 0.29) is 0 Å². The molecule has 15 heteroatoms. The molecule has 39 heavy (non-hydrogen) atoms. The molecule has 4 heterocycles. The second-order valence-electron chi connectivity index (χ2n) is 8.48. The van der Waals surface area contributed by atoms with Gasteiger partial charge in [-0.3, -0.25) is 0 Å². The Balaban J connectivity index is 0.000000277. The summed E-state index contributed by atoms with van der Waals surface area (Å²) in [6, 6.07) is 0. The molecule has 3 aliphatic rings. The van der Waals surface area contributed by atoms with E-state index in [2.05, 4.69) is 21.7 Å². The van der Waals surface area contributed by atoms with Crippen LogP contribution in [0.5, 0.6) is 0 Å². The van der Waals surface area contributed by atoms with E-state index >= 15 is 0 Å². The molecule has 14 nitrogen and oxygen atoms in total. The number of rotatable bonds is 6. The summed E-state index contributed by atoms with van der Waals surface area (Å²) in [5.74, 6) is -1.76. The Bertz CT molecular complexity index is 1000. The third-order valence-corrected chi connectivity index (χ3v) is 6.74. The Morgan fingerprint density at radius 2 is 1.28 bits per heavy atom. The topological polar surface area (TPSA) is 194 Å². The Hall–Kier alpha value is -3.69. The van der Waals surface area contributed by atoms with E-state index in [1.807, 2.05) is 11.8 Å². The average molecular weight is 568 g/mol. The quantitative estimate of drug-likeness (QED) is 0.347. The summed E-state index contributed by atoms with van der Waals surface area (Å²) in [5, 5.41) is 31.2. The number of anilines is 2. The van der Waals surface area contributed by atoms with Gasteiger partial charge in [0, 0.05) is 63.6 Å². The molecule has 0 atom stereocenters. The highest BCUT2D eigenvalue weighted by Crippen LogP contribution is 2.37. The van der Waals surface area contributed by atoms with Crippen LogP contribution in [-0.4, -0.2) is 124 Å². The molecular formula is C24H33N5O9S. The molecule has 0 amide bonds. The summed E-state index contributed by atoms with van der Waals surface area (Å²) in [5.41, 5.74) is 1.26. The van der Waals surface area contributed by atoms with Crippen molar-refractivity contribution in [2.45, 2.75) is 17.7 Å². The number of thioether (sulfide) groups is 1. The molecule has 0 unspecified atom stereocenters. The third-order valence-electron chi connectivity index (χ3n) is 5.54. The van der Waals surface area contributed by atoms with Crippen LogP contribution >= 0.6 is 11.8 Å². The molecule has 3 aliphatic heterocycles. The fourth-order valence-electron chi connectivity index (χ4n) is 3.62. The van der Waals surface area contributed by atoms with Gasteiger partial charge in [-0.1, -0.05) is 0 Å². The van der Waals surface area contributed by atoms with Crippen molar-refractivity contribution >= 4 is 47.4 Å². The zero-order chi connectivity index (χ0) is 28.8. The SMILES string of the molecule is CN1CCN(c2nc3c(c(N4CCOCC4)n2)SCCC3)CC1.O=C(O)/C=C\C(=O)O.O=C(O)/C=C\C(=O)O. The zero-order valence-electron chi connectivity index (χ0n) is 21.6. The molecule has 4 N–H and O–H groups in total. The highest BCUT2D eigenvalue weighted by atomic mass is 32.2. The summed E-state index contributed by atoms with van der Waals surface area (Å²) in [6.07, 6.45) is 4.54. The number of hydrogen-bond acceptors (Lipinski definition) is 11. The first-order valence-corrected chi connectivity index (χ1v) is 13.1. The van der Waals surface area contributed by atoms with Gasteiger partial charge in [0.05, 0.1) is 23.8 Å². The minimum absolute atomic E-state index is 0.558. The van der Waals surface area contributed by atoms with Gasteiger partial charge < -0.3 is 39.9 Å². The first kappa shape index (κ1) is 31.5. The minimum atomic E-state index is -1.26. The van der Waals surface area contributed by atoms with Crippen molar-refractivity contribution in [1.82, 2.24) is 14.9 Å². The number of aromatic nitrogens is 2. The second kappa shape index (κ2) is 16.3. The van der Waals surface area contributed by atoms with Gasteiger partial charge in [-0.05, 0) is 25.6 Å². The predicted molar refractivity (Wildman–Crippen MR) is 143 cm³/mol. The van der Waals surface area contributed by atoms with Crippen molar-refractivity contribution < 1.29 is 44.3 Å². The van der Waals surface area contributed by atoms with Gasteiger partial charge in [-0.25, -0.2) is 24.2 Å². The molecule has 0 aromatic carbocycles. The normalized spacial score (nSPS) is 17.5. The molecule has 2 fully saturated rings. The first-order valence-electron chi connectivity index (χ1n) is 12.1. The predicted octanol–water partition coefficient (Wildman–Crippen LogP) is 0.527. The number of piperazine rings is 1. The molecule has 1 aromatic heterocycles. The van der Waals surface area contributed by atoms with Crippen molar-refractivity contribution in [2.24, 2.45) is 0 Å². The number of carbonyl (C=O) groups is 4. The van der Waals surface area contributed by atoms with Crippen LogP contribution in [0.15, 0.2) is 29.2 Å². The molecule has 0 saturated carbocycles. The molecule has 4 rings (SSSR count). The molecule has 2 saturated heterocycles. The van der Waals surface area contributed by atoms with Gasteiger partial charge in [0.1, 0.15) is 5.82 Å². The lowest BCUT2D eigenvalue weighted by molar-refractivity contribution is -0.134. The van der Waals surface area contributed by atoms with Crippen LogP contribution in [0.2, 0.25) is 0 Å². The molecular weight excluding hydrogens is 534 g/mol. The number of fused-ring (bicyclic) bond motifs is 1. The van der Waals surface area contributed by atoms with Crippen LogP contribution in [0.1, 0.15) is 12.1 Å². The minimum Gasteiger partial charge on any atom is -0.478 e. The first-order chi connectivity index (χ1) is 18.6. The van der Waals surface area contributed by atoms with Gasteiger partial charge in [0.2, 0.25) is 5.95 Å². The summed E-state index contributed by atoms with van der Waals surface area (Å²) >= 11 is 1.93. The third kappa shape index (κ3) is 11.7. The summed E-state index contributed by atoms with van der Waals surface area (Å²) in [6.45, 7) is 7.68. The van der Waals surface area contributed by atoms with Gasteiger partial charge >= 0.3 is 23.9 Å². The fraction of sp³-hybridized carbons (Fsp3) is 0.500. The molecule has 0 aliphatic carbocycles. The maximum Gasteiger partial charge on any atom is 0.328 e. The van der Waals surface area contributed by atoms with E-state index < -0.39 is 23.9 Å². The number of likely N-dealkylation sites (N-methyl/N-ethyl adjacent to an activating group) is 1. The van der Waals surface area contributed by atoms with Crippen LogP contribution in [0.3, 0.4) is 0 Å². The monoisotopic (exact) mass is 567 g/mol. The highest BCUT2D eigenvalue weighted by molar-refractivity contribution is 7.99. The lowest BCUT2D eigenvalue weighted by Crippen LogP contribution is -2.45. The number of morpholine rings is 1. The van der Waals surface area contributed by atoms with Gasteiger partial charge in [-0.15, -0.1) is 11.8 Å². The highest BCUT2D eigenvalue weighted by Gasteiger charge is 2.26. The Labute approximate surface area is 229 Å². The van der Waals surface area contributed by atoms with Gasteiger partial charge in [0.25, 0.3) is 0 Å². The van der Waals surface area contributed by atoms with Gasteiger partial charge in [0.15, 0.2) is 0 Å². The van der Waals surface area contributed by atoms with E-state index in [9.17, 15) is 19.2 Å². The van der Waals surface area contributed by atoms with Crippen LogP contribution in [-0.2, 0) is 30.3 Å². The Morgan fingerprint density at radius 3 is 1.77 bits per heavy atom. The lowest BCUT2D eigenvalue weighted by Gasteiger charge is -2.35. The molecule has 214 valence electrons. The van der Waals surface area contributed by atoms with E-state index in [4.69, 9.17) is 35.1 Å². The maximum atomic E-state index is 9.55. The number of aliphatic carboxylic acids is 4. The smallest absolute Gasteiger partial charge is 0.328 e. The second-order valence-corrected chi connectivity index (χ2v) is 9.59. The molecule has 0 bridgehead atoms. The lowest BCUT2D eigenvalue weighted by atomic mass is 10.2. The molecule has 0 spiro atoms. The van der Waals surface area contributed by atoms with Crippen LogP contribution in [0, 0.1) is 0 Å². The number of hydrogen-bond donors (Lipinski definition) is 4. The van der Waals surface area contributed by atoms with Crippen molar-refractivity contribution in [1.29, 1.82) is 0 Å². The van der Waals surface area contributed by atoms with E-state index in [0.717, 1.165) is 70.7 Å². The maximum absolute atomic E-state index is 9.55. The molecule has 0 radical (unpaired) electrons. The number of aryl methyl sites for hydroxylation is 1. The van der Waals surface area contributed by atoms with E-state index in [1.165, 1.54) is 22.8 Å². The largest absolute Gasteiger partial charge is 0.478 e. The number of ether oxygens (including phenoxy) is 1. The van der Waals surface area contributed by atoms with Crippen molar-refractivity contribution in [3.8, 4) is 0 Å². The van der Waals surface area contributed by atoms with Crippen LogP contribution < -0.4 is 9.80 Å². The fourth-order valence-corrected chi connectivity index (χ4v) is 4.74. The van der Waals surface area contributed by atoms with Crippen molar-refractivity contribution in [3.63, 3.8) is 0 Å².